The van der Waals surface area contributed by atoms with Gasteiger partial charge in [0, 0.05) is 16.9 Å². The summed E-state index contributed by atoms with van der Waals surface area (Å²) in [6.45, 7) is 2.89. The minimum atomic E-state index is -0.291. The predicted molar refractivity (Wildman–Crippen MR) is 97.1 cm³/mol. The number of para-hydroxylation sites is 1. The molecule has 2 unspecified atom stereocenters. The lowest BCUT2D eigenvalue weighted by Gasteiger charge is -2.42. The fraction of sp³-hybridized carbons (Fsp3) is 0.550. The number of carbonyl (C=O) groups is 1. The van der Waals surface area contributed by atoms with Gasteiger partial charge in [-0.25, -0.2) is 4.79 Å². The number of methoxy groups -OCH3 is 1. The standard InChI is InChI=1S/C20H26N2O3/c1-24-19-18(16-7-2-3-8-17(16)21-19)20(23)25-13-14-9-11-22-10-5-4-6-15(22)12-14/h2-3,7-8,14-15,21H,4-6,9-13H2,1H3. The maximum atomic E-state index is 12.7. The number of benzene rings is 1. The van der Waals surface area contributed by atoms with E-state index in [-0.39, 0.29) is 5.97 Å². The number of piperidine rings is 2. The van der Waals surface area contributed by atoms with Crippen molar-refractivity contribution in [3.8, 4) is 5.88 Å². The number of esters is 1. The summed E-state index contributed by atoms with van der Waals surface area (Å²) >= 11 is 0. The molecule has 1 aromatic heterocycles. The summed E-state index contributed by atoms with van der Waals surface area (Å²) in [6.07, 6.45) is 6.23. The number of aromatic amines is 1. The van der Waals surface area contributed by atoms with Gasteiger partial charge >= 0.3 is 5.97 Å². The SMILES string of the molecule is COc1[nH]c2ccccc2c1C(=O)OCC1CCN2CCCCC2C1. The molecule has 0 radical (unpaired) electrons. The van der Waals surface area contributed by atoms with E-state index >= 15 is 0 Å². The quantitative estimate of drug-likeness (QED) is 0.863. The van der Waals surface area contributed by atoms with Crippen LogP contribution in [0.2, 0.25) is 0 Å². The summed E-state index contributed by atoms with van der Waals surface area (Å²) in [7, 11) is 1.57. The summed E-state index contributed by atoms with van der Waals surface area (Å²) in [5.74, 6) is 0.660. The molecule has 0 spiro atoms. The van der Waals surface area contributed by atoms with Gasteiger partial charge in [-0.15, -0.1) is 0 Å². The molecule has 5 heteroatoms. The Morgan fingerprint density at radius 3 is 3.00 bits per heavy atom. The second-order valence-electron chi connectivity index (χ2n) is 7.25. The van der Waals surface area contributed by atoms with Gasteiger partial charge in [0.25, 0.3) is 0 Å². The molecular weight excluding hydrogens is 316 g/mol. The highest BCUT2D eigenvalue weighted by atomic mass is 16.5. The highest BCUT2D eigenvalue weighted by Gasteiger charge is 2.31. The number of hydrogen-bond acceptors (Lipinski definition) is 4. The van der Waals surface area contributed by atoms with Gasteiger partial charge in [-0.1, -0.05) is 24.6 Å². The van der Waals surface area contributed by atoms with Crippen LogP contribution in [0.5, 0.6) is 5.88 Å². The van der Waals surface area contributed by atoms with Crippen molar-refractivity contribution in [1.82, 2.24) is 9.88 Å². The Morgan fingerprint density at radius 1 is 1.24 bits per heavy atom. The molecule has 2 aromatic rings. The maximum absolute atomic E-state index is 12.7. The molecule has 134 valence electrons. The van der Waals surface area contributed by atoms with Crippen LogP contribution in [-0.4, -0.2) is 48.7 Å². The molecule has 1 aromatic carbocycles. The molecule has 0 bridgehead atoms. The molecule has 2 aliphatic heterocycles. The first-order valence-electron chi connectivity index (χ1n) is 9.32. The van der Waals surface area contributed by atoms with Crippen LogP contribution in [0.15, 0.2) is 24.3 Å². The third-order valence-corrected chi connectivity index (χ3v) is 5.71. The van der Waals surface area contributed by atoms with Gasteiger partial charge in [-0.2, -0.15) is 0 Å². The fourth-order valence-electron chi connectivity index (χ4n) is 4.36. The molecule has 4 rings (SSSR count). The molecule has 0 aliphatic carbocycles. The Balaban J connectivity index is 1.42. The lowest BCUT2D eigenvalue weighted by Crippen LogP contribution is -2.46. The summed E-state index contributed by atoms with van der Waals surface area (Å²) in [5, 5.41) is 0.853. The van der Waals surface area contributed by atoms with Crippen LogP contribution < -0.4 is 4.74 Å². The molecule has 2 saturated heterocycles. The zero-order valence-corrected chi connectivity index (χ0v) is 14.8. The Hall–Kier alpha value is -2.01. The lowest BCUT2D eigenvalue weighted by atomic mass is 9.86. The van der Waals surface area contributed by atoms with Crippen molar-refractivity contribution in [3.05, 3.63) is 29.8 Å². The van der Waals surface area contributed by atoms with E-state index in [1.54, 1.807) is 7.11 Å². The van der Waals surface area contributed by atoms with Gasteiger partial charge in [0.05, 0.1) is 13.7 Å². The highest BCUT2D eigenvalue weighted by Crippen LogP contribution is 2.31. The second kappa shape index (κ2) is 7.08. The minimum absolute atomic E-state index is 0.291. The number of rotatable bonds is 4. The molecule has 0 amide bonds. The number of fused-ring (bicyclic) bond motifs is 2. The van der Waals surface area contributed by atoms with Crippen LogP contribution in [0, 0.1) is 5.92 Å². The Labute approximate surface area is 148 Å². The van der Waals surface area contributed by atoms with Gasteiger partial charge in [-0.3, -0.25) is 0 Å². The summed E-state index contributed by atoms with van der Waals surface area (Å²) < 4.78 is 11.0. The highest BCUT2D eigenvalue weighted by molar-refractivity contribution is 6.06. The van der Waals surface area contributed by atoms with Crippen LogP contribution in [0.25, 0.3) is 10.9 Å². The van der Waals surface area contributed by atoms with Crippen LogP contribution in [0.1, 0.15) is 42.5 Å². The van der Waals surface area contributed by atoms with Crippen molar-refractivity contribution in [1.29, 1.82) is 0 Å². The van der Waals surface area contributed by atoms with E-state index < -0.39 is 0 Å². The first kappa shape index (κ1) is 16.5. The topological polar surface area (TPSA) is 54.6 Å². The van der Waals surface area contributed by atoms with E-state index in [9.17, 15) is 4.79 Å². The van der Waals surface area contributed by atoms with E-state index in [0.717, 1.165) is 30.3 Å². The zero-order chi connectivity index (χ0) is 17.2. The minimum Gasteiger partial charge on any atom is -0.482 e. The van der Waals surface area contributed by atoms with Crippen LogP contribution in [0.3, 0.4) is 0 Å². The van der Waals surface area contributed by atoms with Gasteiger partial charge in [0.15, 0.2) is 0 Å². The zero-order valence-electron chi connectivity index (χ0n) is 14.8. The van der Waals surface area contributed by atoms with Gasteiger partial charge in [-0.05, 0) is 50.8 Å². The van der Waals surface area contributed by atoms with Crippen molar-refractivity contribution >= 4 is 16.9 Å². The van der Waals surface area contributed by atoms with E-state index in [2.05, 4.69) is 9.88 Å². The largest absolute Gasteiger partial charge is 0.482 e. The number of nitrogens with zero attached hydrogens (tertiary/aromatic N) is 1. The van der Waals surface area contributed by atoms with E-state index in [0.29, 0.717) is 30.0 Å². The lowest BCUT2D eigenvalue weighted by molar-refractivity contribution is 0.0232. The van der Waals surface area contributed by atoms with Crippen LogP contribution >= 0.6 is 0 Å². The maximum Gasteiger partial charge on any atom is 0.344 e. The summed E-state index contributed by atoms with van der Waals surface area (Å²) in [4.78, 5) is 18.4. The molecule has 0 saturated carbocycles. The third kappa shape index (κ3) is 3.25. The first-order valence-corrected chi connectivity index (χ1v) is 9.32. The average molecular weight is 342 g/mol. The normalized spacial score (nSPS) is 24.0. The molecule has 2 aliphatic rings. The average Bonchev–Trinajstić information content (AvgIpc) is 3.04. The van der Waals surface area contributed by atoms with Crippen molar-refractivity contribution in [2.24, 2.45) is 5.92 Å². The van der Waals surface area contributed by atoms with Gasteiger partial charge in [0.1, 0.15) is 5.56 Å². The van der Waals surface area contributed by atoms with Crippen LogP contribution in [0.4, 0.5) is 0 Å². The summed E-state index contributed by atoms with van der Waals surface area (Å²) in [6, 6.07) is 8.41. The molecule has 2 fully saturated rings. The van der Waals surface area contributed by atoms with E-state index in [4.69, 9.17) is 9.47 Å². The molecule has 2 atom stereocenters. The van der Waals surface area contributed by atoms with Crippen molar-refractivity contribution in [3.63, 3.8) is 0 Å². The van der Waals surface area contributed by atoms with E-state index in [1.807, 2.05) is 24.3 Å². The van der Waals surface area contributed by atoms with Crippen molar-refractivity contribution in [2.45, 2.75) is 38.1 Å². The molecule has 25 heavy (non-hydrogen) atoms. The van der Waals surface area contributed by atoms with Gasteiger partial charge in [0.2, 0.25) is 5.88 Å². The monoisotopic (exact) mass is 342 g/mol. The first-order chi connectivity index (χ1) is 12.3. The smallest absolute Gasteiger partial charge is 0.344 e. The van der Waals surface area contributed by atoms with Gasteiger partial charge < -0.3 is 19.4 Å². The number of H-pyrrole nitrogens is 1. The molecule has 5 nitrogen and oxygen atoms in total. The molecular formula is C20H26N2O3. The Morgan fingerprint density at radius 2 is 2.12 bits per heavy atom. The number of aromatic nitrogens is 1. The van der Waals surface area contributed by atoms with Crippen molar-refractivity contribution in [2.75, 3.05) is 26.8 Å². The Bertz CT molecular complexity index is 754. The fourth-order valence-corrected chi connectivity index (χ4v) is 4.36. The number of hydrogen-bond donors (Lipinski definition) is 1. The Kier molecular flexibility index (Phi) is 4.66. The third-order valence-electron chi connectivity index (χ3n) is 5.71. The number of nitrogens with one attached hydrogen (secondary N) is 1. The summed E-state index contributed by atoms with van der Waals surface area (Å²) in [5.41, 5.74) is 1.40. The van der Waals surface area contributed by atoms with E-state index in [1.165, 1.54) is 25.8 Å². The molecule has 1 N–H and O–H groups in total. The number of carbonyl (C=O) groups excluding carboxylic acids is 1. The molecule has 3 heterocycles. The predicted octanol–water partition coefficient (Wildman–Crippen LogP) is 3.60. The number of ether oxygens (including phenoxy) is 2. The van der Waals surface area contributed by atoms with Crippen molar-refractivity contribution < 1.29 is 14.3 Å². The van der Waals surface area contributed by atoms with Crippen LogP contribution in [-0.2, 0) is 4.74 Å². The second-order valence-corrected chi connectivity index (χ2v) is 7.25.